The van der Waals surface area contributed by atoms with Crippen LogP contribution in [0.5, 0.6) is 0 Å². The van der Waals surface area contributed by atoms with E-state index in [2.05, 4.69) is 37.3 Å². The first-order valence-corrected chi connectivity index (χ1v) is 15.8. The van der Waals surface area contributed by atoms with Crippen molar-refractivity contribution in [2.45, 2.75) is 39.3 Å². The Morgan fingerprint density at radius 3 is 2.42 bits per heavy atom. The van der Waals surface area contributed by atoms with Crippen molar-refractivity contribution in [1.29, 1.82) is 5.26 Å². The fourth-order valence-electron chi connectivity index (χ4n) is 5.78. The van der Waals surface area contributed by atoms with Crippen LogP contribution in [0.4, 0.5) is 20.4 Å². The smallest absolute Gasteiger partial charge is 0.234 e. The molecule has 242 valence electrons. The van der Waals surface area contributed by atoms with Crippen LogP contribution in [0.1, 0.15) is 38.1 Å². The van der Waals surface area contributed by atoms with Crippen LogP contribution in [0.3, 0.4) is 0 Å². The van der Waals surface area contributed by atoms with Crippen molar-refractivity contribution in [1.82, 2.24) is 34.4 Å². The van der Waals surface area contributed by atoms with Gasteiger partial charge in [-0.3, -0.25) is 9.47 Å². The van der Waals surface area contributed by atoms with E-state index in [0.717, 1.165) is 49.8 Å². The minimum atomic E-state index is -0.694. The number of anilines is 2. The number of nitrogens with two attached hydrogens (primary N) is 1. The molecule has 10 nitrogen and oxygen atoms in total. The summed E-state index contributed by atoms with van der Waals surface area (Å²) in [5.74, 6) is 0.357. The molecule has 0 amide bonds. The maximum absolute atomic E-state index is 14.7. The van der Waals surface area contributed by atoms with E-state index >= 15 is 0 Å². The van der Waals surface area contributed by atoms with Gasteiger partial charge in [-0.2, -0.15) is 5.26 Å². The molecule has 0 bridgehead atoms. The number of nitrogen functional groups attached to an aromatic ring is 1. The van der Waals surface area contributed by atoms with Gasteiger partial charge < -0.3 is 11.1 Å². The minimum Gasteiger partial charge on any atom is -0.383 e. The Kier molecular flexibility index (Phi) is 9.59. The maximum Gasteiger partial charge on any atom is 0.234 e. The lowest BCUT2D eigenvalue weighted by molar-refractivity contribution is 0.211. The third-order valence-electron chi connectivity index (χ3n) is 8.09. The number of imidazole rings is 1. The topological polar surface area (TPSA) is 134 Å². The number of nitrogens with zero attached hydrogens (tertiary/aromatic N) is 8. The lowest BCUT2D eigenvalue weighted by atomic mass is 10.0. The van der Waals surface area contributed by atoms with Crippen molar-refractivity contribution in [3.05, 3.63) is 108 Å². The lowest BCUT2D eigenvalue weighted by Gasteiger charge is -2.32. The summed E-state index contributed by atoms with van der Waals surface area (Å²) in [5.41, 5.74) is 10.5. The van der Waals surface area contributed by atoms with Crippen molar-refractivity contribution in [2.24, 2.45) is 0 Å². The van der Waals surface area contributed by atoms with E-state index in [9.17, 15) is 8.78 Å². The fraction of sp³-hybridized carbons (Fsp3) is 0.222. The number of likely N-dealkylation sites (tertiary alicyclic amines) is 1. The number of fused-ring (bicyclic) bond motifs is 1. The predicted octanol–water partition coefficient (Wildman–Crippen LogP) is 6.77. The molecule has 1 aliphatic heterocycles. The summed E-state index contributed by atoms with van der Waals surface area (Å²) in [4.78, 5) is 24.5. The zero-order valence-electron chi connectivity index (χ0n) is 26.6. The summed E-state index contributed by atoms with van der Waals surface area (Å²) in [6.07, 6.45) is 5.11. The number of benzene rings is 2. The Hall–Kier alpha value is -5.80. The Balaban J connectivity index is 0.00000197. The van der Waals surface area contributed by atoms with Gasteiger partial charge >= 0.3 is 0 Å². The third-order valence-corrected chi connectivity index (χ3v) is 8.09. The fourth-order valence-corrected chi connectivity index (χ4v) is 5.78. The van der Waals surface area contributed by atoms with Crippen molar-refractivity contribution in [3.8, 4) is 34.4 Å². The van der Waals surface area contributed by atoms with Gasteiger partial charge in [0.25, 0.3) is 0 Å². The van der Waals surface area contributed by atoms with Gasteiger partial charge in [0, 0.05) is 55.4 Å². The van der Waals surface area contributed by atoms with Crippen LogP contribution in [0.2, 0.25) is 0 Å². The number of halogens is 2. The largest absolute Gasteiger partial charge is 0.383 e. The maximum atomic E-state index is 14.7. The zero-order valence-corrected chi connectivity index (χ0v) is 26.6. The van der Waals surface area contributed by atoms with Gasteiger partial charge in [-0.25, -0.2) is 33.7 Å². The van der Waals surface area contributed by atoms with Crippen molar-refractivity contribution < 1.29 is 8.78 Å². The number of aromatic nitrogens is 6. The number of pyridine rings is 2. The van der Waals surface area contributed by atoms with Crippen LogP contribution < -0.4 is 11.1 Å². The molecule has 3 N–H and O–H groups in total. The Morgan fingerprint density at radius 2 is 1.69 bits per heavy atom. The van der Waals surface area contributed by atoms with E-state index < -0.39 is 11.6 Å². The van der Waals surface area contributed by atoms with Gasteiger partial charge in [0.15, 0.2) is 11.5 Å². The Bertz CT molecular complexity index is 2080. The summed E-state index contributed by atoms with van der Waals surface area (Å²) in [6.45, 7) is 6.62. The van der Waals surface area contributed by atoms with Crippen molar-refractivity contribution >= 4 is 22.8 Å². The summed E-state index contributed by atoms with van der Waals surface area (Å²) >= 11 is 0. The van der Waals surface area contributed by atoms with Crippen LogP contribution in [-0.2, 0) is 6.54 Å². The summed E-state index contributed by atoms with van der Waals surface area (Å²) in [5, 5.41) is 12.5. The van der Waals surface area contributed by atoms with Gasteiger partial charge in [0.05, 0.1) is 11.3 Å². The number of nitriles is 1. The average molecular weight is 645 g/mol. The quantitative estimate of drug-likeness (QED) is 0.193. The molecule has 5 heterocycles. The Morgan fingerprint density at radius 1 is 0.896 bits per heavy atom. The van der Waals surface area contributed by atoms with Gasteiger partial charge in [0.1, 0.15) is 34.9 Å². The molecule has 0 unspecified atom stereocenters. The first-order chi connectivity index (χ1) is 23.4. The molecule has 0 radical (unpaired) electrons. The van der Waals surface area contributed by atoms with Crippen molar-refractivity contribution in [2.75, 3.05) is 24.1 Å². The number of rotatable bonds is 7. The highest BCUT2D eigenvalue weighted by atomic mass is 19.1. The van der Waals surface area contributed by atoms with E-state index in [1.165, 1.54) is 12.1 Å². The van der Waals surface area contributed by atoms with Gasteiger partial charge in [-0.1, -0.05) is 26.0 Å². The standard InChI is InChI=1S/C34H28F2N10.C2H6/c35-22-5-8-25(27(36)18-22)28-9-10-29-34(42-28)46(33(43-29)26-2-1-14-40-32(26)38)24-6-3-21(4-7-24)20-45-16-12-23(13-17-45)41-30-11-15-39-31(19-37)44-30;1-2/h1-11,14-15,18,23H,12-13,16-17,20H2,(H2,38,40)(H,39,41,44);1-2H3. The van der Waals surface area contributed by atoms with E-state index in [1.54, 1.807) is 36.7 Å². The van der Waals surface area contributed by atoms with Gasteiger partial charge in [-0.05, 0) is 73.0 Å². The van der Waals surface area contributed by atoms with Crippen molar-refractivity contribution in [3.63, 3.8) is 0 Å². The number of nitrogens with one attached hydrogen (secondary N) is 1. The van der Waals surface area contributed by atoms with Crippen LogP contribution in [0.15, 0.2) is 85.2 Å². The number of piperidine rings is 1. The first kappa shape index (κ1) is 32.2. The molecule has 1 fully saturated rings. The molecule has 2 aromatic carbocycles. The summed E-state index contributed by atoms with van der Waals surface area (Å²) in [7, 11) is 0. The second-order valence-electron chi connectivity index (χ2n) is 11.1. The molecule has 12 heteroatoms. The second kappa shape index (κ2) is 14.3. The van der Waals surface area contributed by atoms with Crippen LogP contribution in [0, 0.1) is 23.0 Å². The molecule has 0 aliphatic carbocycles. The molecular formula is C36H34F2N10. The van der Waals surface area contributed by atoms with Crippen LogP contribution in [-0.4, -0.2) is 53.5 Å². The van der Waals surface area contributed by atoms with E-state index in [0.29, 0.717) is 39.9 Å². The highest BCUT2D eigenvalue weighted by Crippen LogP contribution is 2.32. The molecule has 4 aromatic heterocycles. The van der Waals surface area contributed by atoms with Gasteiger partial charge in [-0.15, -0.1) is 0 Å². The first-order valence-electron chi connectivity index (χ1n) is 15.8. The van der Waals surface area contributed by atoms with Gasteiger partial charge in [0.2, 0.25) is 5.82 Å². The SMILES string of the molecule is CC.N#Cc1nccc(NC2CCN(Cc3ccc(-n4c(-c5cccnc5N)nc5ccc(-c6ccc(F)cc6F)nc54)cc3)CC2)n1. The molecule has 7 rings (SSSR count). The molecule has 0 saturated carbocycles. The minimum absolute atomic E-state index is 0.156. The number of hydrogen-bond acceptors (Lipinski definition) is 9. The third kappa shape index (κ3) is 6.82. The highest BCUT2D eigenvalue weighted by molar-refractivity contribution is 5.84. The van der Waals surface area contributed by atoms with Crippen LogP contribution >= 0.6 is 0 Å². The summed E-state index contributed by atoms with van der Waals surface area (Å²) in [6, 6.07) is 22.7. The molecule has 1 saturated heterocycles. The second-order valence-corrected chi connectivity index (χ2v) is 11.1. The predicted molar refractivity (Wildman–Crippen MR) is 182 cm³/mol. The monoisotopic (exact) mass is 644 g/mol. The molecule has 0 spiro atoms. The number of hydrogen-bond donors (Lipinski definition) is 2. The summed E-state index contributed by atoms with van der Waals surface area (Å²) < 4.78 is 30.2. The van der Waals surface area contributed by atoms with E-state index in [1.807, 2.05) is 42.7 Å². The molecule has 0 atom stereocenters. The molecule has 48 heavy (non-hydrogen) atoms. The highest BCUT2D eigenvalue weighted by Gasteiger charge is 2.22. The zero-order chi connectivity index (χ0) is 33.6. The van der Waals surface area contributed by atoms with Crippen LogP contribution in [0.25, 0.3) is 39.5 Å². The molecule has 1 aliphatic rings. The average Bonchev–Trinajstić information content (AvgIpc) is 3.49. The van der Waals surface area contributed by atoms with E-state index in [4.69, 9.17) is 21.0 Å². The van der Waals surface area contributed by atoms with E-state index in [-0.39, 0.29) is 17.4 Å². The Labute approximate surface area is 277 Å². The molecule has 6 aromatic rings. The normalized spacial score (nSPS) is 13.5. The molecular weight excluding hydrogens is 610 g/mol. The lowest BCUT2D eigenvalue weighted by Crippen LogP contribution is -2.38.